The van der Waals surface area contributed by atoms with Gasteiger partial charge in [0.2, 0.25) is 0 Å². The molecule has 8 heteroatoms. The van der Waals surface area contributed by atoms with E-state index in [1.807, 2.05) is 0 Å². The molecule has 0 aromatic rings. The van der Waals surface area contributed by atoms with Gasteiger partial charge in [-0.15, -0.1) is 0 Å². The average Bonchev–Trinajstić information content (AvgIpc) is 2.01. The predicted octanol–water partition coefficient (Wildman–Crippen LogP) is -0.529. The Kier molecular flexibility index (Phi) is 3.51. The number of hydrogen-bond donors (Lipinski definition) is 0. The van der Waals surface area contributed by atoms with Gasteiger partial charge in [0.1, 0.15) is 0 Å². The molecule has 14 heavy (non-hydrogen) atoms. The number of rotatable bonds is 0. The van der Waals surface area contributed by atoms with Crippen LogP contribution in [0.4, 0.5) is 0 Å². The molecule has 1 saturated heterocycles. The first-order chi connectivity index (χ1) is 6.31. The smallest absolute Gasteiger partial charge is 0.267 e. The molecule has 1 rings (SSSR count). The standard InChI is InChI=1S/C6H12O6S2/c1-6-5-11-13(7,8)3-2-4-14(9,10)12-6/h6H,2-5H2,1H3. The molecule has 6 nitrogen and oxygen atoms in total. The van der Waals surface area contributed by atoms with Crippen molar-refractivity contribution in [1.29, 1.82) is 0 Å². The summed E-state index contributed by atoms with van der Waals surface area (Å²) in [5, 5.41) is 0. The van der Waals surface area contributed by atoms with Crippen LogP contribution in [0.15, 0.2) is 0 Å². The molecule has 1 heterocycles. The van der Waals surface area contributed by atoms with E-state index in [4.69, 9.17) is 0 Å². The van der Waals surface area contributed by atoms with Crippen LogP contribution in [0.1, 0.15) is 13.3 Å². The highest BCUT2D eigenvalue weighted by atomic mass is 32.2. The average molecular weight is 244 g/mol. The summed E-state index contributed by atoms with van der Waals surface area (Å²) in [5.41, 5.74) is 0. The Hall–Kier alpha value is -0.180. The zero-order valence-corrected chi connectivity index (χ0v) is 9.30. The van der Waals surface area contributed by atoms with Crippen LogP contribution < -0.4 is 0 Å². The first-order valence-electron chi connectivity index (χ1n) is 4.09. The lowest BCUT2D eigenvalue weighted by atomic mass is 10.5. The Labute approximate surface area is 83.5 Å². The Bertz CT molecular complexity index is 381. The second-order valence-corrected chi connectivity index (χ2v) is 6.54. The predicted molar refractivity (Wildman–Crippen MR) is 48.7 cm³/mol. The molecule has 1 atom stereocenters. The van der Waals surface area contributed by atoms with Gasteiger partial charge in [-0.2, -0.15) is 16.8 Å². The second-order valence-electron chi connectivity index (χ2n) is 3.07. The topological polar surface area (TPSA) is 86.7 Å². The zero-order valence-electron chi connectivity index (χ0n) is 7.67. The van der Waals surface area contributed by atoms with E-state index in [0.29, 0.717) is 0 Å². The summed E-state index contributed by atoms with van der Waals surface area (Å²) in [4.78, 5) is 0. The Morgan fingerprint density at radius 1 is 1.07 bits per heavy atom. The monoisotopic (exact) mass is 244 g/mol. The molecule has 1 unspecified atom stereocenters. The maximum absolute atomic E-state index is 11.1. The van der Waals surface area contributed by atoms with Gasteiger partial charge in [-0.05, 0) is 13.3 Å². The molecular formula is C6H12O6S2. The molecule has 84 valence electrons. The third-order valence-corrected chi connectivity index (χ3v) is 4.28. The summed E-state index contributed by atoms with van der Waals surface area (Å²) in [6.45, 7) is 1.18. The highest BCUT2D eigenvalue weighted by Gasteiger charge is 2.23. The van der Waals surface area contributed by atoms with Crippen molar-refractivity contribution in [2.24, 2.45) is 0 Å². The summed E-state index contributed by atoms with van der Waals surface area (Å²) in [7, 11) is -7.20. The highest BCUT2D eigenvalue weighted by molar-refractivity contribution is 7.87. The van der Waals surface area contributed by atoms with E-state index in [-0.39, 0.29) is 24.5 Å². The molecule has 0 aromatic carbocycles. The normalized spacial score (nSPS) is 32.5. The quantitative estimate of drug-likeness (QED) is 0.532. The van der Waals surface area contributed by atoms with Crippen molar-refractivity contribution in [3.63, 3.8) is 0 Å². The fourth-order valence-corrected chi connectivity index (χ4v) is 3.34. The van der Waals surface area contributed by atoms with Crippen molar-refractivity contribution in [1.82, 2.24) is 0 Å². The van der Waals surface area contributed by atoms with Crippen LogP contribution in [0.2, 0.25) is 0 Å². The van der Waals surface area contributed by atoms with E-state index in [9.17, 15) is 16.8 Å². The largest absolute Gasteiger partial charge is 0.267 e. The molecule has 0 aliphatic carbocycles. The van der Waals surface area contributed by atoms with Crippen LogP contribution in [0.25, 0.3) is 0 Å². The molecule has 0 N–H and O–H groups in total. The van der Waals surface area contributed by atoms with Gasteiger partial charge < -0.3 is 0 Å². The molecule has 1 aliphatic rings. The molecule has 0 saturated carbocycles. The minimum absolute atomic E-state index is 0.00259. The zero-order chi connectivity index (χ0) is 10.8. The minimum atomic E-state index is -3.61. The highest BCUT2D eigenvalue weighted by Crippen LogP contribution is 2.09. The Morgan fingerprint density at radius 2 is 1.64 bits per heavy atom. The maximum Gasteiger partial charge on any atom is 0.267 e. The molecule has 1 aliphatic heterocycles. The SMILES string of the molecule is CC1COS(=O)(=O)CCCS(=O)(=O)O1. The molecule has 0 bridgehead atoms. The van der Waals surface area contributed by atoms with Crippen molar-refractivity contribution in [2.75, 3.05) is 18.1 Å². The van der Waals surface area contributed by atoms with E-state index < -0.39 is 26.3 Å². The Morgan fingerprint density at radius 3 is 2.29 bits per heavy atom. The summed E-state index contributed by atoms with van der Waals surface area (Å²) in [6, 6.07) is 0. The summed E-state index contributed by atoms with van der Waals surface area (Å²) in [6.07, 6.45) is -0.773. The van der Waals surface area contributed by atoms with E-state index in [2.05, 4.69) is 8.37 Å². The molecular weight excluding hydrogens is 232 g/mol. The summed E-state index contributed by atoms with van der Waals surface area (Å²) < 4.78 is 53.5. The lowest BCUT2D eigenvalue weighted by Crippen LogP contribution is -2.21. The van der Waals surface area contributed by atoms with Crippen molar-refractivity contribution >= 4 is 20.2 Å². The fraction of sp³-hybridized carbons (Fsp3) is 1.00. The van der Waals surface area contributed by atoms with E-state index in [0.717, 1.165) is 0 Å². The van der Waals surface area contributed by atoms with Crippen LogP contribution >= 0.6 is 0 Å². The van der Waals surface area contributed by atoms with Gasteiger partial charge >= 0.3 is 0 Å². The van der Waals surface area contributed by atoms with Crippen LogP contribution in [-0.4, -0.2) is 41.1 Å². The van der Waals surface area contributed by atoms with Gasteiger partial charge in [0, 0.05) is 0 Å². The fourth-order valence-electron chi connectivity index (χ4n) is 0.997. The van der Waals surface area contributed by atoms with Gasteiger partial charge in [-0.1, -0.05) is 0 Å². The van der Waals surface area contributed by atoms with Crippen molar-refractivity contribution in [3.05, 3.63) is 0 Å². The van der Waals surface area contributed by atoms with Crippen molar-refractivity contribution < 1.29 is 25.2 Å². The molecule has 0 spiro atoms. The molecule has 1 fully saturated rings. The van der Waals surface area contributed by atoms with Gasteiger partial charge in [-0.25, -0.2) is 0 Å². The third kappa shape index (κ3) is 3.91. The first-order valence-corrected chi connectivity index (χ1v) is 7.24. The van der Waals surface area contributed by atoms with E-state index in [1.165, 1.54) is 6.92 Å². The molecule has 0 radical (unpaired) electrons. The van der Waals surface area contributed by atoms with Gasteiger partial charge in [0.15, 0.2) is 0 Å². The Balaban J connectivity index is 2.80. The lowest BCUT2D eigenvalue weighted by Gasteiger charge is -2.09. The van der Waals surface area contributed by atoms with Crippen LogP contribution in [-0.2, 0) is 28.6 Å². The second kappa shape index (κ2) is 4.13. The van der Waals surface area contributed by atoms with Gasteiger partial charge in [0.05, 0.1) is 24.2 Å². The first kappa shape index (κ1) is 11.9. The molecule has 0 amide bonds. The lowest BCUT2D eigenvalue weighted by molar-refractivity contribution is 0.154. The van der Waals surface area contributed by atoms with Gasteiger partial charge in [0.25, 0.3) is 20.2 Å². The van der Waals surface area contributed by atoms with Gasteiger partial charge in [-0.3, -0.25) is 8.37 Å². The van der Waals surface area contributed by atoms with E-state index >= 15 is 0 Å². The minimum Gasteiger partial charge on any atom is -0.267 e. The van der Waals surface area contributed by atoms with Crippen LogP contribution in [0.3, 0.4) is 0 Å². The number of hydrogen-bond acceptors (Lipinski definition) is 6. The van der Waals surface area contributed by atoms with Crippen molar-refractivity contribution in [3.8, 4) is 0 Å². The van der Waals surface area contributed by atoms with Crippen LogP contribution in [0.5, 0.6) is 0 Å². The summed E-state index contributed by atoms with van der Waals surface area (Å²) >= 11 is 0. The summed E-state index contributed by atoms with van der Waals surface area (Å²) in [5.74, 6) is -0.581. The molecule has 0 aromatic heterocycles. The third-order valence-electron chi connectivity index (χ3n) is 1.58. The van der Waals surface area contributed by atoms with E-state index in [1.54, 1.807) is 0 Å². The van der Waals surface area contributed by atoms with Crippen LogP contribution in [0, 0.1) is 0 Å². The maximum atomic E-state index is 11.1. The van der Waals surface area contributed by atoms with Crippen molar-refractivity contribution in [2.45, 2.75) is 19.4 Å².